The number of ether oxygens (including phenoxy) is 1. The summed E-state index contributed by atoms with van der Waals surface area (Å²) in [6.07, 6.45) is 3.27. The highest BCUT2D eigenvalue weighted by atomic mass is 32.1. The van der Waals surface area contributed by atoms with Gasteiger partial charge >= 0.3 is 0 Å². The predicted octanol–water partition coefficient (Wildman–Crippen LogP) is 1.92. The molecular weight excluding hydrogens is 220 g/mol. The Hall–Kier alpha value is -1.55. The van der Waals surface area contributed by atoms with E-state index < -0.39 is 0 Å². The van der Waals surface area contributed by atoms with E-state index in [0.29, 0.717) is 5.11 Å². The molecule has 2 rings (SSSR count). The Bertz CT molecular complexity index is 425. The summed E-state index contributed by atoms with van der Waals surface area (Å²) in [4.78, 5) is 0. The monoisotopic (exact) mass is 233 g/mol. The van der Waals surface area contributed by atoms with E-state index in [1.54, 1.807) is 7.11 Å². The molecule has 0 saturated carbocycles. The van der Waals surface area contributed by atoms with Crippen molar-refractivity contribution in [1.29, 1.82) is 0 Å². The predicted molar refractivity (Wildman–Crippen MR) is 67.0 cm³/mol. The molecule has 1 radical (unpaired) electrons. The van der Waals surface area contributed by atoms with Gasteiger partial charge in [0, 0.05) is 11.8 Å². The first-order valence-electron chi connectivity index (χ1n) is 5.00. The van der Waals surface area contributed by atoms with Crippen molar-refractivity contribution >= 4 is 17.3 Å². The molecule has 2 N–H and O–H groups in total. The third-order valence-electron chi connectivity index (χ3n) is 2.39. The van der Waals surface area contributed by atoms with Crippen LogP contribution in [0, 0.1) is 6.08 Å². The van der Waals surface area contributed by atoms with Gasteiger partial charge < -0.3 is 15.4 Å². The fourth-order valence-electron chi connectivity index (χ4n) is 1.59. The Morgan fingerprint density at radius 3 is 2.56 bits per heavy atom. The van der Waals surface area contributed by atoms with E-state index in [0.717, 1.165) is 17.0 Å². The van der Waals surface area contributed by atoms with Gasteiger partial charge in [-0.3, -0.25) is 0 Å². The lowest BCUT2D eigenvalue weighted by Gasteiger charge is -2.24. The molecule has 1 aromatic carbocycles. The van der Waals surface area contributed by atoms with Crippen LogP contribution in [-0.4, -0.2) is 12.2 Å². The smallest absolute Gasteiger partial charge is 0.171 e. The molecule has 4 heteroatoms. The molecule has 1 aromatic rings. The summed E-state index contributed by atoms with van der Waals surface area (Å²) in [5, 5.41) is 6.79. The van der Waals surface area contributed by atoms with Gasteiger partial charge in [0.25, 0.3) is 0 Å². The second kappa shape index (κ2) is 4.53. The van der Waals surface area contributed by atoms with Crippen molar-refractivity contribution in [2.75, 3.05) is 7.11 Å². The SMILES string of the molecule is COc1ccc(C2[C]=C(C)NC(=S)N2)cc1. The number of nitrogens with one attached hydrogen (secondary N) is 2. The standard InChI is InChI=1S/C12H13N2OS/c1-8-7-11(14-12(16)13-8)9-3-5-10(15-2)6-4-9/h3-6,11H,1-2H3,(H2,13,14,16). The molecule has 1 heterocycles. The summed E-state index contributed by atoms with van der Waals surface area (Å²) >= 11 is 5.10. The van der Waals surface area contributed by atoms with Crippen LogP contribution in [0.15, 0.2) is 30.0 Å². The van der Waals surface area contributed by atoms with Gasteiger partial charge in [-0.1, -0.05) is 12.1 Å². The summed E-state index contributed by atoms with van der Waals surface area (Å²) in [7, 11) is 1.66. The minimum absolute atomic E-state index is 0.0136. The molecule has 1 aliphatic rings. The molecule has 0 spiro atoms. The number of thiocarbonyl (C=S) groups is 1. The highest BCUT2D eigenvalue weighted by molar-refractivity contribution is 7.80. The average molecular weight is 233 g/mol. The van der Waals surface area contributed by atoms with Gasteiger partial charge in [0.05, 0.1) is 13.2 Å². The Balaban J connectivity index is 2.23. The van der Waals surface area contributed by atoms with Crippen molar-refractivity contribution in [2.45, 2.75) is 13.0 Å². The number of allylic oxidation sites excluding steroid dienone is 1. The van der Waals surface area contributed by atoms with Crippen LogP contribution in [0.4, 0.5) is 0 Å². The first-order chi connectivity index (χ1) is 7.69. The third-order valence-corrected chi connectivity index (χ3v) is 2.61. The molecule has 0 amide bonds. The van der Waals surface area contributed by atoms with Gasteiger partial charge in [-0.2, -0.15) is 0 Å². The van der Waals surface area contributed by atoms with Crippen LogP contribution in [0.25, 0.3) is 0 Å². The lowest BCUT2D eigenvalue weighted by molar-refractivity contribution is 0.414. The first kappa shape index (κ1) is 11.0. The fourth-order valence-corrected chi connectivity index (χ4v) is 1.86. The minimum atomic E-state index is 0.0136. The summed E-state index contributed by atoms with van der Waals surface area (Å²) in [6, 6.07) is 7.88. The number of hydrogen-bond donors (Lipinski definition) is 2. The molecular formula is C12H13N2OS. The molecule has 0 fully saturated rings. The van der Waals surface area contributed by atoms with E-state index in [9.17, 15) is 0 Å². The van der Waals surface area contributed by atoms with E-state index >= 15 is 0 Å². The average Bonchev–Trinajstić information content (AvgIpc) is 2.28. The Labute approximate surface area is 100 Å². The molecule has 83 valence electrons. The number of methoxy groups -OCH3 is 1. The lowest BCUT2D eigenvalue weighted by Crippen LogP contribution is -2.40. The van der Waals surface area contributed by atoms with Crippen LogP contribution in [0.5, 0.6) is 5.75 Å². The number of benzene rings is 1. The molecule has 0 bridgehead atoms. The van der Waals surface area contributed by atoms with Crippen LogP contribution in [0.2, 0.25) is 0 Å². The van der Waals surface area contributed by atoms with Gasteiger partial charge in [0.2, 0.25) is 0 Å². The first-order valence-corrected chi connectivity index (χ1v) is 5.41. The van der Waals surface area contributed by atoms with Crippen molar-refractivity contribution in [3.63, 3.8) is 0 Å². The van der Waals surface area contributed by atoms with E-state index in [1.807, 2.05) is 31.2 Å². The molecule has 1 aliphatic heterocycles. The van der Waals surface area contributed by atoms with Crippen molar-refractivity contribution < 1.29 is 4.74 Å². The van der Waals surface area contributed by atoms with Gasteiger partial charge in [0.1, 0.15) is 5.75 Å². The van der Waals surface area contributed by atoms with Crippen LogP contribution in [0.3, 0.4) is 0 Å². The molecule has 1 unspecified atom stereocenters. The van der Waals surface area contributed by atoms with Crippen LogP contribution < -0.4 is 15.4 Å². The highest BCUT2D eigenvalue weighted by Gasteiger charge is 2.15. The van der Waals surface area contributed by atoms with Gasteiger partial charge in [0.15, 0.2) is 5.11 Å². The maximum Gasteiger partial charge on any atom is 0.171 e. The lowest BCUT2D eigenvalue weighted by atomic mass is 10.0. The Morgan fingerprint density at radius 1 is 1.31 bits per heavy atom. The quantitative estimate of drug-likeness (QED) is 0.765. The Morgan fingerprint density at radius 2 is 2.00 bits per heavy atom. The summed E-state index contributed by atoms with van der Waals surface area (Å²) in [5.41, 5.74) is 2.06. The van der Waals surface area contributed by atoms with Crippen molar-refractivity contribution in [1.82, 2.24) is 10.6 Å². The zero-order valence-electron chi connectivity index (χ0n) is 9.20. The molecule has 0 saturated heterocycles. The molecule has 1 atom stereocenters. The van der Waals surface area contributed by atoms with E-state index in [2.05, 4.69) is 16.7 Å². The van der Waals surface area contributed by atoms with Gasteiger partial charge in [-0.25, -0.2) is 0 Å². The Kier molecular flexibility index (Phi) is 3.10. The largest absolute Gasteiger partial charge is 0.497 e. The van der Waals surface area contributed by atoms with Crippen molar-refractivity contribution in [3.05, 3.63) is 41.6 Å². The van der Waals surface area contributed by atoms with E-state index in [1.165, 1.54) is 0 Å². The fraction of sp³-hybridized carbons (Fsp3) is 0.250. The summed E-state index contributed by atoms with van der Waals surface area (Å²) in [6.45, 7) is 1.95. The van der Waals surface area contributed by atoms with Crippen LogP contribution in [0.1, 0.15) is 18.5 Å². The van der Waals surface area contributed by atoms with Crippen molar-refractivity contribution in [2.24, 2.45) is 0 Å². The summed E-state index contributed by atoms with van der Waals surface area (Å²) < 4.78 is 5.11. The van der Waals surface area contributed by atoms with Crippen LogP contribution >= 0.6 is 12.2 Å². The summed E-state index contributed by atoms with van der Waals surface area (Å²) in [5.74, 6) is 0.848. The van der Waals surface area contributed by atoms with Crippen LogP contribution in [-0.2, 0) is 0 Å². The van der Waals surface area contributed by atoms with E-state index in [4.69, 9.17) is 17.0 Å². The normalized spacial score (nSPS) is 19.5. The number of hydrogen-bond acceptors (Lipinski definition) is 2. The number of rotatable bonds is 2. The maximum absolute atomic E-state index is 5.11. The molecule has 0 aromatic heterocycles. The highest BCUT2D eigenvalue weighted by Crippen LogP contribution is 2.20. The maximum atomic E-state index is 5.11. The zero-order valence-corrected chi connectivity index (χ0v) is 10.0. The topological polar surface area (TPSA) is 33.3 Å². The minimum Gasteiger partial charge on any atom is -0.497 e. The van der Waals surface area contributed by atoms with E-state index in [-0.39, 0.29) is 6.04 Å². The second-order valence-electron chi connectivity index (χ2n) is 3.57. The molecule has 3 nitrogen and oxygen atoms in total. The zero-order chi connectivity index (χ0) is 11.5. The van der Waals surface area contributed by atoms with Crippen molar-refractivity contribution in [3.8, 4) is 5.75 Å². The van der Waals surface area contributed by atoms with Gasteiger partial charge in [-0.05, 0) is 36.8 Å². The molecule has 0 aliphatic carbocycles. The molecule has 16 heavy (non-hydrogen) atoms. The second-order valence-corrected chi connectivity index (χ2v) is 3.98. The van der Waals surface area contributed by atoms with Gasteiger partial charge in [-0.15, -0.1) is 0 Å². The third kappa shape index (κ3) is 2.33.